The van der Waals surface area contributed by atoms with Crippen LogP contribution in [0.3, 0.4) is 0 Å². The summed E-state index contributed by atoms with van der Waals surface area (Å²) in [5.41, 5.74) is 15.9. The molecule has 8 nitrogen and oxygen atoms in total. The highest BCUT2D eigenvalue weighted by Crippen LogP contribution is 2.58. The van der Waals surface area contributed by atoms with Crippen molar-refractivity contribution in [1.29, 1.82) is 0 Å². The zero-order chi connectivity index (χ0) is 63.6. The molecule has 0 amide bonds. The minimum Gasteiger partial charge on any atom is -0.460 e. The lowest BCUT2D eigenvalue weighted by Gasteiger charge is -2.55. The van der Waals surface area contributed by atoms with Crippen LogP contribution in [0.15, 0.2) is 90.5 Å². The van der Waals surface area contributed by atoms with E-state index in [0.29, 0.717) is 72.0 Å². The fourth-order valence-corrected chi connectivity index (χ4v) is 23.9. The summed E-state index contributed by atoms with van der Waals surface area (Å²) < 4.78 is 26.0. The predicted octanol–water partition coefficient (Wildman–Crippen LogP) is 19.9. The standard InChI is InChI=1S/C22H29NO.3C21H27NO/c1-4-15-9-14-10-19-21(15)23(12-14)16(5-2)11-18-17-8-13(3)6-7-20(17)24-22(18)19;3*1-4-15-9-14-10-18-20(15)22(11-14)13(3)8-17-16-7-12(2)5-6-19(16)23-21(17)18/h6-8,14-16,19,21H,4-5,9-12H2,1-3H3;3*5-7,13-15,18,20H,4,8-11H2,1-3H3/t14?,15?,16-,19?,21?;3*13-,14?,15?,18?,20?/m1100/s1. The van der Waals surface area contributed by atoms with E-state index in [4.69, 9.17) is 17.7 Å². The van der Waals surface area contributed by atoms with Gasteiger partial charge in [-0.15, -0.1) is 0 Å². The van der Waals surface area contributed by atoms with Crippen LogP contribution in [0.5, 0.6) is 0 Å². The van der Waals surface area contributed by atoms with Crippen LogP contribution >= 0.6 is 0 Å². The van der Waals surface area contributed by atoms with E-state index in [1.807, 2.05) is 0 Å². The SMILES string of the molecule is CCC1CC2CC3c4oc5ccc(C)cc5c4C[C@@H](C)N(C2)C13.CCC1CC2CC3c4oc5ccc(C)cc5c4C[C@@H](CC)N(C2)C13.CCC1CC2CC3c4oc5ccc(C)cc5c4C[C@H](C)N(C2)C13.CCC1CC2CC3c4oc5ccc(C)cc5c4C[C@H](C)N(C2)C13. The Balaban J connectivity index is 0.0000000946. The lowest BCUT2D eigenvalue weighted by atomic mass is 9.65. The summed E-state index contributed by atoms with van der Waals surface area (Å²) in [7, 11) is 0. The van der Waals surface area contributed by atoms with Crippen LogP contribution < -0.4 is 0 Å². The topological polar surface area (TPSA) is 65.5 Å². The summed E-state index contributed by atoms with van der Waals surface area (Å²) in [4.78, 5) is 11.4. The van der Waals surface area contributed by atoms with Crippen LogP contribution in [0.4, 0.5) is 0 Å². The van der Waals surface area contributed by atoms with Crippen LogP contribution in [-0.4, -0.2) is 94.1 Å². The Morgan fingerprint density at radius 3 is 0.849 bits per heavy atom. The van der Waals surface area contributed by atoms with Crippen LogP contribution in [-0.2, 0) is 25.7 Å². The van der Waals surface area contributed by atoms with Gasteiger partial charge in [0.15, 0.2) is 0 Å². The van der Waals surface area contributed by atoms with Crippen molar-refractivity contribution < 1.29 is 17.7 Å². The maximum absolute atomic E-state index is 6.52. The van der Waals surface area contributed by atoms with Gasteiger partial charge in [-0.05, 0) is 228 Å². The first-order chi connectivity index (χ1) is 45.1. The molecule has 24 atom stereocenters. The number of rotatable bonds is 5. The van der Waals surface area contributed by atoms with E-state index in [1.54, 1.807) is 0 Å². The van der Waals surface area contributed by atoms with Gasteiger partial charge >= 0.3 is 0 Å². The molecule has 16 bridgehead atoms. The largest absolute Gasteiger partial charge is 0.460 e. The molecule has 8 aromatic rings. The summed E-state index contributed by atoms with van der Waals surface area (Å²) in [5, 5.41) is 5.53. The third kappa shape index (κ3) is 10.1. The van der Waals surface area contributed by atoms with Gasteiger partial charge in [-0.25, -0.2) is 0 Å². The molecular formula is C85H110N4O4. The second kappa shape index (κ2) is 23.9. The first-order valence-corrected chi connectivity index (χ1v) is 38.3. The molecule has 16 heterocycles. The summed E-state index contributed by atoms with van der Waals surface area (Å²) in [5.74, 6) is 14.8. The Morgan fingerprint density at radius 1 is 0.323 bits per heavy atom. The monoisotopic (exact) mass is 1250 g/mol. The number of nitrogens with zero attached hydrogens (tertiary/aromatic N) is 4. The minimum atomic E-state index is 0.625. The van der Waals surface area contributed by atoms with Gasteiger partial charge < -0.3 is 17.7 Å². The zero-order valence-electron chi connectivity index (χ0n) is 58.7. The Labute approximate surface area is 556 Å². The lowest BCUT2D eigenvalue weighted by Crippen LogP contribution is -2.59. The van der Waals surface area contributed by atoms with Gasteiger partial charge in [-0.2, -0.15) is 0 Å². The highest BCUT2D eigenvalue weighted by Gasteiger charge is 2.56. The van der Waals surface area contributed by atoms with Crippen LogP contribution in [0.1, 0.15) is 230 Å². The molecule has 4 saturated carbocycles. The molecule has 8 saturated heterocycles. The summed E-state index contributed by atoms with van der Waals surface area (Å²) in [6, 6.07) is 32.3. The number of furan rings is 4. The number of hydrogen-bond donors (Lipinski definition) is 0. The molecule has 4 aromatic carbocycles. The Bertz CT molecular complexity index is 3790. The Hall–Kier alpha value is -5.12. The average molecular weight is 1250 g/mol. The third-order valence-electron chi connectivity index (χ3n) is 27.8. The van der Waals surface area contributed by atoms with Gasteiger partial charge in [0.25, 0.3) is 0 Å². The first kappa shape index (κ1) is 61.5. The zero-order valence-corrected chi connectivity index (χ0v) is 58.7. The van der Waals surface area contributed by atoms with E-state index in [1.165, 1.54) is 205 Å². The quantitative estimate of drug-likeness (QED) is 0.169. The highest BCUT2D eigenvalue weighted by atomic mass is 16.3. The lowest BCUT2D eigenvalue weighted by molar-refractivity contribution is -0.0432. The number of aryl methyl sites for hydroxylation is 4. The molecule has 12 aliphatic heterocycles. The van der Waals surface area contributed by atoms with E-state index < -0.39 is 0 Å². The maximum atomic E-state index is 6.52. The molecule has 16 aliphatic rings. The number of benzene rings is 4. The number of piperidine rings is 8. The van der Waals surface area contributed by atoms with Crippen molar-refractivity contribution in [3.63, 3.8) is 0 Å². The summed E-state index contributed by atoms with van der Waals surface area (Å²) in [6.07, 6.45) is 22.3. The van der Waals surface area contributed by atoms with Gasteiger partial charge in [-0.1, -0.05) is 107 Å². The van der Waals surface area contributed by atoms with Crippen molar-refractivity contribution in [3.8, 4) is 0 Å². The molecule has 0 spiro atoms. The predicted molar refractivity (Wildman–Crippen MR) is 380 cm³/mol. The molecule has 494 valence electrons. The van der Waals surface area contributed by atoms with E-state index >= 15 is 0 Å². The van der Waals surface area contributed by atoms with Gasteiger partial charge in [0.05, 0.1) is 0 Å². The first-order valence-electron chi connectivity index (χ1n) is 38.3. The fraction of sp³-hybridized carbons (Fsp3) is 0.624. The summed E-state index contributed by atoms with van der Waals surface area (Å²) in [6.45, 7) is 33.3. The molecule has 4 aromatic heterocycles. The van der Waals surface area contributed by atoms with Crippen LogP contribution in [0.2, 0.25) is 0 Å². The summed E-state index contributed by atoms with van der Waals surface area (Å²) >= 11 is 0. The maximum Gasteiger partial charge on any atom is 0.134 e. The molecular weight excluding hydrogens is 1140 g/mol. The van der Waals surface area contributed by atoms with Gasteiger partial charge in [0.2, 0.25) is 0 Å². The second-order valence-corrected chi connectivity index (χ2v) is 33.4. The van der Waals surface area contributed by atoms with E-state index in [-0.39, 0.29) is 0 Å². The third-order valence-corrected chi connectivity index (χ3v) is 27.8. The molecule has 24 rings (SSSR count). The second-order valence-electron chi connectivity index (χ2n) is 33.4. The Morgan fingerprint density at radius 2 is 0.581 bits per heavy atom. The van der Waals surface area contributed by atoms with E-state index in [2.05, 4.69) is 175 Å². The average Bonchev–Trinajstić information content (AvgIpc) is 1.66. The number of fused-ring (bicyclic) bond motifs is 16. The van der Waals surface area contributed by atoms with Crippen LogP contribution in [0, 0.1) is 75.0 Å². The molecule has 12 fully saturated rings. The van der Waals surface area contributed by atoms with Gasteiger partial charge in [-0.3, -0.25) is 19.6 Å². The molecule has 8 heteroatoms. The minimum absolute atomic E-state index is 0.625. The van der Waals surface area contributed by atoms with Crippen molar-refractivity contribution in [3.05, 3.63) is 140 Å². The molecule has 4 aliphatic carbocycles. The van der Waals surface area contributed by atoms with Gasteiger partial charge in [0.1, 0.15) is 45.4 Å². The van der Waals surface area contributed by atoms with Crippen molar-refractivity contribution in [2.75, 3.05) is 26.2 Å². The van der Waals surface area contributed by atoms with Crippen LogP contribution in [0.25, 0.3) is 43.9 Å². The normalized spacial score (nSPS) is 38.3. The molecule has 0 N–H and O–H groups in total. The fourth-order valence-electron chi connectivity index (χ4n) is 23.9. The Kier molecular flexibility index (Phi) is 15.8. The van der Waals surface area contributed by atoms with E-state index in [9.17, 15) is 0 Å². The molecule has 20 unspecified atom stereocenters. The van der Waals surface area contributed by atoms with Crippen molar-refractivity contribution in [1.82, 2.24) is 19.6 Å². The number of hydrogen-bond acceptors (Lipinski definition) is 8. The molecule has 93 heavy (non-hydrogen) atoms. The van der Waals surface area contributed by atoms with Crippen molar-refractivity contribution in [2.45, 2.75) is 264 Å². The van der Waals surface area contributed by atoms with Crippen molar-refractivity contribution >= 4 is 43.9 Å². The highest BCUT2D eigenvalue weighted by molar-refractivity contribution is 5.86. The van der Waals surface area contributed by atoms with Crippen molar-refractivity contribution in [2.24, 2.45) is 47.3 Å². The van der Waals surface area contributed by atoms with E-state index in [0.717, 1.165) is 88.9 Å². The smallest absolute Gasteiger partial charge is 0.134 e. The van der Waals surface area contributed by atoms with Gasteiger partial charge in [0, 0.05) is 142 Å². The molecule has 0 radical (unpaired) electrons.